The highest BCUT2D eigenvalue weighted by Crippen LogP contribution is 2.07. The van der Waals surface area contributed by atoms with E-state index in [1.54, 1.807) is 0 Å². The van der Waals surface area contributed by atoms with Crippen LogP contribution >= 0.6 is 0 Å². The van der Waals surface area contributed by atoms with Gasteiger partial charge in [0.05, 0.1) is 23.4 Å². The average molecular weight is 139 g/mol. The summed E-state index contributed by atoms with van der Waals surface area (Å²) in [6.07, 6.45) is 3.01. The number of nitrogen functional groups attached to an aromatic ring is 1. The summed E-state index contributed by atoms with van der Waals surface area (Å²) in [6, 6.07) is 0. The molecule has 0 spiro atoms. The van der Waals surface area contributed by atoms with Gasteiger partial charge in [0.1, 0.15) is 0 Å². The summed E-state index contributed by atoms with van der Waals surface area (Å²) in [5.41, 5.74) is 17.0. The van der Waals surface area contributed by atoms with Crippen LogP contribution in [0.3, 0.4) is 0 Å². The lowest BCUT2D eigenvalue weighted by atomic mass is 10.3. The lowest BCUT2D eigenvalue weighted by Gasteiger charge is -1.90. The number of nitrogens with one attached hydrogen (secondary N) is 1. The van der Waals surface area contributed by atoms with Gasteiger partial charge < -0.3 is 17.2 Å². The number of H-pyrrole nitrogens is 1. The van der Waals surface area contributed by atoms with Gasteiger partial charge in [0, 0.05) is 6.08 Å². The molecule has 1 aromatic heterocycles. The molecule has 0 atom stereocenters. The van der Waals surface area contributed by atoms with Crippen LogP contribution in [-0.2, 0) is 0 Å². The smallest absolute Gasteiger partial charge is 0.0955 e. The molecule has 0 amide bonds. The van der Waals surface area contributed by atoms with Crippen molar-refractivity contribution in [2.24, 2.45) is 11.5 Å². The molecule has 5 nitrogen and oxygen atoms in total. The number of hydrogen-bond donors (Lipinski definition) is 4. The van der Waals surface area contributed by atoms with Crippen molar-refractivity contribution in [3.8, 4) is 0 Å². The predicted molar refractivity (Wildman–Crippen MR) is 39.4 cm³/mol. The summed E-state index contributed by atoms with van der Waals surface area (Å²) in [4.78, 5) is 0. The Balaban J connectivity index is 2.95. The van der Waals surface area contributed by atoms with Crippen molar-refractivity contribution in [2.75, 3.05) is 5.73 Å². The average Bonchev–Trinajstić information content (AvgIpc) is 2.15. The van der Waals surface area contributed by atoms with Gasteiger partial charge in [-0.15, -0.1) is 0 Å². The van der Waals surface area contributed by atoms with E-state index in [1.807, 2.05) is 0 Å². The summed E-state index contributed by atoms with van der Waals surface area (Å²) >= 11 is 0. The number of anilines is 1. The molecule has 5 heteroatoms. The quantitative estimate of drug-likeness (QED) is 0.409. The Kier molecular flexibility index (Phi) is 1.49. The maximum atomic E-state index is 5.44. The van der Waals surface area contributed by atoms with E-state index in [0.717, 1.165) is 0 Å². The van der Waals surface area contributed by atoms with Crippen LogP contribution in [0.1, 0.15) is 5.69 Å². The molecular weight excluding hydrogens is 130 g/mol. The van der Waals surface area contributed by atoms with Crippen LogP contribution in [-0.4, -0.2) is 10.2 Å². The molecule has 54 valence electrons. The van der Waals surface area contributed by atoms with E-state index in [1.165, 1.54) is 12.3 Å². The van der Waals surface area contributed by atoms with Crippen LogP contribution in [0.5, 0.6) is 0 Å². The van der Waals surface area contributed by atoms with Crippen molar-refractivity contribution < 1.29 is 0 Å². The number of aromatic nitrogens is 2. The first-order chi connectivity index (χ1) is 4.70. The van der Waals surface area contributed by atoms with Gasteiger partial charge in [-0.25, -0.2) is 0 Å². The Morgan fingerprint density at radius 2 is 2.30 bits per heavy atom. The number of nitrogens with zero attached hydrogens (tertiary/aromatic N) is 1. The Morgan fingerprint density at radius 1 is 1.60 bits per heavy atom. The third-order valence-corrected chi connectivity index (χ3v) is 1.01. The standard InChI is InChI=1S/C5H9N5/c6-3-2-9-10-4(3)1-5(7)8/h1-2H,6-8H2,(H,9,10). The number of hydrogen-bond acceptors (Lipinski definition) is 4. The molecule has 7 N–H and O–H groups in total. The van der Waals surface area contributed by atoms with E-state index in [0.29, 0.717) is 11.4 Å². The zero-order chi connectivity index (χ0) is 7.56. The fourth-order valence-corrected chi connectivity index (χ4v) is 0.588. The Bertz CT molecular complexity index is 244. The van der Waals surface area contributed by atoms with Gasteiger partial charge in [0.15, 0.2) is 0 Å². The summed E-state index contributed by atoms with van der Waals surface area (Å²) in [5.74, 6) is 0.205. The van der Waals surface area contributed by atoms with E-state index in [-0.39, 0.29) is 5.82 Å². The largest absolute Gasteiger partial charge is 0.396 e. The molecule has 0 aliphatic carbocycles. The van der Waals surface area contributed by atoms with Crippen molar-refractivity contribution in [2.45, 2.75) is 0 Å². The second kappa shape index (κ2) is 2.30. The zero-order valence-corrected chi connectivity index (χ0v) is 5.33. The van der Waals surface area contributed by atoms with Crippen molar-refractivity contribution >= 4 is 11.8 Å². The molecule has 0 saturated carbocycles. The van der Waals surface area contributed by atoms with Gasteiger partial charge in [-0.2, -0.15) is 5.10 Å². The fourth-order valence-electron chi connectivity index (χ4n) is 0.588. The highest BCUT2D eigenvalue weighted by atomic mass is 15.1. The van der Waals surface area contributed by atoms with Crippen LogP contribution < -0.4 is 17.2 Å². The van der Waals surface area contributed by atoms with Gasteiger partial charge in [-0.3, -0.25) is 5.10 Å². The van der Waals surface area contributed by atoms with Crippen molar-refractivity contribution in [1.82, 2.24) is 10.2 Å². The van der Waals surface area contributed by atoms with Crippen molar-refractivity contribution in [1.29, 1.82) is 0 Å². The van der Waals surface area contributed by atoms with E-state index < -0.39 is 0 Å². The second-order valence-electron chi connectivity index (χ2n) is 1.88. The van der Waals surface area contributed by atoms with Crippen LogP contribution in [0.15, 0.2) is 12.0 Å². The first kappa shape index (κ1) is 6.47. The summed E-state index contributed by atoms with van der Waals surface area (Å²) in [7, 11) is 0. The summed E-state index contributed by atoms with van der Waals surface area (Å²) < 4.78 is 0. The van der Waals surface area contributed by atoms with Crippen LogP contribution in [0.25, 0.3) is 6.08 Å². The Morgan fingerprint density at radius 3 is 2.70 bits per heavy atom. The van der Waals surface area contributed by atoms with Crippen LogP contribution in [0.2, 0.25) is 0 Å². The molecule has 0 fully saturated rings. The van der Waals surface area contributed by atoms with Crippen LogP contribution in [0, 0.1) is 0 Å². The molecule has 0 unspecified atom stereocenters. The minimum Gasteiger partial charge on any atom is -0.396 e. The molecule has 0 aromatic carbocycles. The molecule has 0 radical (unpaired) electrons. The fraction of sp³-hybridized carbons (Fsp3) is 0. The highest BCUT2D eigenvalue weighted by molar-refractivity contribution is 5.60. The SMILES string of the molecule is NC(N)=Cc1[nH]ncc1N. The maximum Gasteiger partial charge on any atom is 0.0955 e. The van der Waals surface area contributed by atoms with Gasteiger partial charge in [-0.1, -0.05) is 0 Å². The molecular formula is C5H9N5. The predicted octanol–water partition coefficient (Wildman–Crippen LogP) is -0.792. The number of aromatic amines is 1. The normalized spacial score (nSPS) is 9.20. The van der Waals surface area contributed by atoms with E-state index in [4.69, 9.17) is 17.2 Å². The first-order valence-corrected chi connectivity index (χ1v) is 2.71. The highest BCUT2D eigenvalue weighted by Gasteiger charge is 1.95. The second-order valence-corrected chi connectivity index (χ2v) is 1.88. The van der Waals surface area contributed by atoms with E-state index in [9.17, 15) is 0 Å². The number of rotatable bonds is 1. The first-order valence-electron chi connectivity index (χ1n) is 2.71. The molecule has 1 heterocycles. The molecule has 0 bridgehead atoms. The van der Waals surface area contributed by atoms with E-state index >= 15 is 0 Å². The molecule has 1 rings (SSSR count). The monoisotopic (exact) mass is 139 g/mol. The molecule has 10 heavy (non-hydrogen) atoms. The number of nitrogens with two attached hydrogens (primary N) is 3. The Labute approximate surface area is 57.9 Å². The third kappa shape index (κ3) is 1.19. The maximum absolute atomic E-state index is 5.44. The molecule has 0 aliphatic heterocycles. The molecule has 0 saturated heterocycles. The van der Waals surface area contributed by atoms with Crippen molar-refractivity contribution in [3.63, 3.8) is 0 Å². The van der Waals surface area contributed by atoms with Gasteiger partial charge in [0.2, 0.25) is 0 Å². The lowest BCUT2D eigenvalue weighted by molar-refractivity contribution is 1.08. The molecule has 1 aromatic rings. The molecule has 0 aliphatic rings. The van der Waals surface area contributed by atoms with Gasteiger partial charge in [0.25, 0.3) is 0 Å². The van der Waals surface area contributed by atoms with Crippen molar-refractivity contribution in [3.05, 3.63) is 17.7 Å². The Hall–Kier alpha value is -1.65. The topological polar surface area (TPSA) is 107 Å². The zero-order valence-electron chi connectivity index (χ0n) is 5.33. The summed E-state index contributed by atoms with van der Waals surface area (Å²) in [5, 5.41) is 6.29. The minimum absolute atomic E-state index is 0.205. The minimum atomic E-state index is 0.205. The lowest BCUT2D eigenvalue weighted by Crippen LogP contribution is -2.07. The van der Waals surface area contributed by atoms with E-state index in [2.05, 4.69) is 10.2 Å². The van der Waals surface area contributed by atoms with Gasteiger partial charge in [-0.05, 0) is 0 Å². The van der Waals surface area contributed by atoms with Crippen LogP contribution in [0.4, 0.5) is 5.69 Å². The summed E-state index contributed by atoms with van der Waals surface area (Å²) in [6.45, 7) is 0. The van der Waals surface area contributed by atoms with Gasteiger partial charge >= 0.3 is 0 Å². The third-order valence-electron chi connectivity index (χ3n) is 1.01.